The zero-order valence-electron chi connectivity index (χ0n) is 17.5. The molecule has 158 valence electrons. The summed E-state index contributed by atoms with van der Waals surface area (Å²) in [6.07, 6.45) is 1.96. The van der Waals surface area contributed by atoms with E-state index in [0.29, 0.717) is 23.0 Å². The number of hydrogen-bond acceptors (Lipinski definition) is 5. The van der Waals surface area contributed by atoms with Gasteiger partial charge in [0.25, 0.3) is 11.5 Å². The van der Waals surface area contributed by atoms with Crippen LogP contribution in [-0.4, -0.2) is 37.8 Å². The highest BCUT2D eigenvalue weighted by Gasteiger charge is 2.25. The van der Waals surface area contributed by atoms with Crippen LogP contribution in [0.4, 0.5) is 5.82 Å². The summed E-state index contributed by atoms with van der Waals surface area (Å²) >= 11 is 0. The van der Waals surface area contributed by atoms with Gasteiger partial charge in [-0.1, -0.05) is 32.0 Å². The Morgan fingerprint density at radius 1 is 1.10 bits per heavy atom. The van der Waals surface area contributed by atoms with Crippen LogP contribution in [0.1, 0.15) is 50.6 Å². The molecule has 0 saturated carbocycles. The first-order valence-electron chi connectivity index (χ1n) is 9.90. The average molecular weight is 410 g/mol. The zero-order chi connectivity index (χ0) is 21.8. The number of nitrogens with zero attached hydrogens (tertiary/aromatic N) is 3. The number of rotatable bonds is 7. The van der Waals surface area contributed by atoms with Crippen molar-refractivity contribution in [3.8, 4) is 0 Å². The molecule has 1 unspecified atom stereocenters. The maximum atomic E-state index is 13.2. The molecule has 2 aromatic heterocycles. The van der Waals surface area contributed by atoms with Crippen molar-refractivity contribution in [1.82, 2.24) is 25.3 Å². The second-order valence-electron chi connectivity index (χ2n) is 7.85. The Labute approximate surface area is 173 Å². The third kappa shape index (κ3) is 4.56. The normalized spacial score (nSPS) is 12.3. The summed E-state index contributed by atoms with van der Waals surface area (Å²) in [6.45, 7) is 7.58. The predicted octanol–water partition coefficient (Wildman–Crippen LogP) is 2.48. The van der Waals surface area contributed by atoms with E-state index in [2.05, 4.69) is 25.9 Å². The van der Waals surface area contributed by atoms with Crippen molar-refractivity contribution in [2.75, 3.05) is 5.32 Å². The van der Waals surface area contributed by atoms with Crippen LogP contribution in [0, 0.1) is 5.92 Å². The van der Waals surface area contributed by atoms with E-state index in [1.807, 2.05) is 27.7 Å². The lowest BCUT2D eigenvalue weighted by atomic mass is 10.0. The molecule has 0 saturated heterocycles. The van der Waals surface area contributed by atoms with E-state index in [-0.39, 0.29) is 29.1 Å². The number of nitrogens with one attached hydrogen (secondary N) is 3. The predicted molar refractivity (Wildman–Crippen MR) is 114 cm³/mol. The Morgan fingerprint density at radius 3 is 2.40 bits per heavy atom. The molecule has 0 radical (unpaired) electrons. The van der Waals surface area contributed by atoms with E-state index in [1.54, 1.807) is 30.3 Å². The molecule has 9 heteroatoms. The van der Waals surface area contributed by atoms with Gasteiger partial charge in [0.2, 0.25) is 5.91 Å². The van der Waals surface area contributed by atoms with Gasteiger partial charge in [-0.25, -0.2) is 4.68 Å². The molecule has 0 fully saturated rings. The summed E-state index contributed by atoms with van der Waals surface area (Å²) in [5.74, 6) is -0.258. The Hall–Kier alpha value is -3.49. The van der Waals surface area contributed by atoms with Crippen LogP contribution in [0.15, 0.2) is 41.3 Å². The van der Waals surface area contributed by atoms with Gasteiger partial charge in [-0.05, 0) is 32.3 Å². The van der Waals surface area contributed by atoms with Crippen LogP contribution in [-0.2, 0) is 4.79 Å². The van der Waals surface area contributed by atoms with Gasteiger partial charge in [0.1, 0.15) is 11.9 Å². The first-order valence-corrected chi connectivity index (χ1v) is 9.90. The van der Waals surface area contributed by atoms with Crippen molar-refractivity contribution in [3.05, 3.63) is 52.6 Å². The smallest absolute Gasteiger partial charge is 0.274 e. The van der Waals surface area contributed by atoms with Crippen LogP contribution in [0.25, 0.3) is 10.8 Å². The average Bonchev–Trinajstić information content (AvgIpc) is 3.20. The summed E-state index contributed by atoms with van der Waals surface area (Å²) in [6, 6.07) is 7.48. The Morgan fingerprint density at radius 2 is 1.80 bits per heavy atom. The number of amides is 2. The van der Waals surface area contributed by atoms with Gasteiger partial charge in [-0.2, -0.15) is 10.2 Å². The van der Waals surface area contributed by atoms with Crippen LogP contribution < -0.4 is 16.2 Å². The monoisotopic (exact) mass is 410 g/mol. The van der Waals surface area contributed by atoms with Gasteiger partial charge in [0.15, 0.2) is 5.69 Å². The Kier molecular flexibility index (Phi) is 6.29. The van der Waals surface area contributed by atoms with Crippen LogP contribution >= 0.6 is 0 Å². The summed E-state index contributed by atoms with van der Waals surface area (Å²) in [5, 5.41) is 17.1. The Balaban J connectivity index is 1.95. The molecule has 30 heavy (non-hydrogen) atoms. The topological polar surface area (TPSA) is 122 Å². The minimum Gasteiger partial charge on any atom is -0.339 e. The standard InChI is InChI=1S/C21H26N6O3/c1-12(2)11-16(19(28)24-17-9-10-22-25-17)23-20(29)18-14-7-5-6-8-15(14)21(30)27(26-18)13(3)4/h5-10,12-13,16H,11H2,1-4H3,(H,23,29)(H2,22,24,25,28). The number of fused-ring (bicyclic) bond motifs is 1. The van der Waals surface area contributed by atoms with Crippen molar-refractivity contribution in [1.29, 1.82) is 0 Å². The number of anilines is 1. The van der Waals surface area contributed by atoms with Gasteiger partial charge in [0, 0.05) is 11.5 Å². The van der Waals surface area contributed by atoms with Crippen molar-refractivity contribution in [2.24, 2.45) is 5.92 Å². The number of H-pyrrole nitrogens is 1. The summed E-state index contributed by atoms with van der Waals surface area (Å²) in [4.78, 5) is 38.6. The second-order valence-corrected chi connectivity index (χ2v) is 7.85. The number of hydrogen-bond donors (Lipinski definition) is 3. The molecule has 2 amide bonds. The first-order chi connectivity index (χ1) is 14.3. The molecule has 0 aliphatic heterocycles. The molecule has 1 atom stereocenters. The lowest BCUT2D eigenvalue weighted by Gasteiger charge is -2.20. The van der Waals surface area contributed by atoms with E-state index in [9.17, 15) is 14.4 Å². The molecule has 1 aromatic carbocycles. The molecule has 0 bridgehead atoms. The molecule has 0 spiro atoms. The third-order valence-electron chi connectivity index (χ3n) is 4.62. The van der Waals surface area contributed by atoms with Crippen molar-refractivity contribution >= 4 is 28.4 Å². The van der Waals surface area contributed by atoms with E-state index in [4.69, 9.17) is 0 Å². The van der Waals surface area contributed by atoms with Crippen molar-refractivity contribution in [3.63, 3.8) is 0 Å². The molecule has 0 aliphatic carbocycles. The fourth-order valence-electron chi connectivity index (χ4n) is 3.20. The van der Waals surface area contributed by atoms with Crippen molar-refractivity contribution in [2.45, 2.75) is 46.2 Å². The van der Waals surface area contributed by atoms with Gasteiger partial charge in [0.05, 0.1) is 17.6 Å². The van der Waals surface area contributed by atoms with E-state index in [0.717, 1.165) is 0 Å². The minimum atomic E-state index is -0.777. The number of carbonyl (C=O) groups is 2. The molecule has 9 nitrogen and oxygen atoms in total. The van der Waals surface area contributed by atoms with Gasteiger partial charge >= 0.3 is 0 Å². The number of carbonyl (C=O) groups excluding carboxylic acids is 2. The molecule has 3 aromatic rings. The van der Waals surface area contributed by atoms with E-state index in [1.165, 1.54) is 10.9 Å². The largest absolute Gasteiger partial charge is 0.339 e. The molecular weight excluding hydrogens is 384 g/mol. The summed E-state index contributed by atoms with van der Waals surface area (Å²) in [7, 11) is 0. The summed E-state index contributed by atoms with van der Waals surface area (Å²) < 4.78 is 1.29. The van der Waals surface area contributed by atoms with Crippen LogP contribution in [0.2, 0.25) is 0 Å². The molecule has 0 aliphatic rings. The zero-order valence-corrected chi connectivity index (χ0v) is 17.5. The van der Waals surface area contributed by atoms with Gasteiger partial charge in [-0.15, -0.1) is 0 Å². The number of benzene rings is 1. The fraction of sp³-hybridized carbons (Fsp3) is 0.381. The van der Waals surface area contributed by atoms with Gasteiger partial charge in [-0.3, -0.25) is 19.5 Å². The Bertz CT molecular complexity index is 1100. The second kappa shape index (κ2) is 8.89. The van der Waals surface area contributed by atoms with E-state index >= 15 is 0 Å². The first kappa shape index (κ1) is 21.2. The molecule has 3 N–H and O–H groups in total. The minimum absolute atomic E-state index is 0.113. The lowest BCUT2D eigenvalue weighted by molar-refractivity contribution is -0.118. The molecule has 3 rings (SSSR count). The van der Waals surface area contributed by atoms with Gasteiger partial charge < -0.3 is 10.6 Å². The fourth-order valence-corrected chi connectivity index (χ4v) is 3.20. The number of aromatic amines is 1. The molecule has 2 heterocycles. The summed E-state index contributed by atoms with van der Waals surface area (Å²) in [5.41, 5.74) is -0.144. The maximum Gasteiger partial charge on any atom is 0.274 e. The quantitative estimate of drug-likeness (QED) is 0.552. The maximum absolute atomic E-state index is 13.2. The van der Waals surface area contributed by atoms with Crippen LogP contribution in [0.5, 0.6) is 0 Å². The number of aromatic nitrogens is 4. The van der Waals surface area contributed by atoms with E-state index < -0.39 is 11.9 Å². The van der Waals surface area contributed by atoms with Crippen molar-refractivity contribution < 1.29 is 9.59 Å². The SMILES string of the molecule is CC(C)CC(NC(=O)c1nn(C(C)C)c(=O)c2ccccc12)C(=O)Nc1ccn[nH]1. The highest BCUT2D eigenvalue weighted by atomic mass is 16.2. The lowest BCUT2D eigenvalue weighted by Crippen LogP contribution is -2.45. The molecular formula is C21H26N6O3. The highest BCUT2D eigenvalue weighted by Crippen LogP contribution is 2.16. The third-order valence-corrected chi connectivity index (χ3v) is 4.62. The van der Waals surface area contributed by atoms with Crippen LogP contribution in [0.3, 0.4) is 0 Å². The highest BCUT2D eigenvalue weighted by molar-refractivity contribution is 6.07.